The molecule has 32 heavy (non-hydrogen) atoms. The van der Waals surface area contributed by atoms with Gasteiger partial charge in [0, 0.05) is 24.1 Å². The monoisotopic (exact) mass is 458 g/mol. The Morgan fingerprint density at radius 2 is 1.78 bits per heavy atom. The van der Waals surface area contributed by atoms with Gasteiger partial charge in [0.05, 0.1) is 10.9 Å². The molecule has 4 N–H and O–H groups in total. The molecular formula is C23H27ClN4O4. The van der Waals surface area contributed by atoms with Gasteiger partial charge in [-0.1, -0.05) is 42.5 Å². The summed E-state index contributed by atoms with van der Waals surface area (Å²) in [6.45, 7) is 2.24. The second kappa shape index (κ2) is 10.8. The highest BCUT2D eigenvalue weighted by Gasteiger charge is 2.33. The van der Waals surface area contributed by atoms with Crippen molar-refractivity contribution in [3.8, 4) is 5.75 Å². The SMILES string of the molecule is C/C(=N/NC(N)=O)C(CN(C)C)C(c1ccccc1)c1c(O)c2ccccc2oc1=O.Cl. The lowest BCUT2D eigenvalue weighted by atomic mass is 9.78. The van der Waals surface area contributed by atoms with Gasteiger partial charge in [-0.2, -0.15) is 5.10 Å². The van der Waals surface area contributed by atoms with Crippen LogP contribution in [0.1, 0.15) is 24.0 Å². The molecule has 1 aromatic heterocycles. The van der Waals surface area contributed by atoms with Crippen LogP contribution in [0.4, 0.5) is 4.79 Å². The van der Waals surface area contributed by atoms with E-state index >= 15 is 0 Å². The molecule has 0 saturated heterocycles. The lowest BCUT2D eigenvalue weighted by Crippen LogP contribution is -2.36. The van der Waals surface area contributed by atoms with E-state index in [0.717, 1.165) is 5.56 Å². The van der Waals surface area contributed by atoms with E-state index in [0.29, 0.717) is 23.2 Å². The number of nitrogens with one attached hydrogen (secondary N) is 1. The number of hydrogen-bond donors (Lipinski definition) is 3. The zero-order chi connectivity index (χ0) is 22.5. The van der Waals surface area contributed by atoms with Gasteiger partial charge in [-0.3, -0.25) is 0 Å². The van der Waals surface area contributed by atoms with Gasteiger partial charge in [0.15, 0.2) is 0 Å². The molecule has 170 valence electrons. The van der Waals surface area contributed by atoms with E-state index in [-0.39, 0.29) is 29.6 Å². The number of primary amides is 1. The van der Waals surface area contributed by atoms with E-state index in [1.807, 2.05) is 49.3 Å². The van der Waals surface area contributed by atoms with Crippen molar-refractivity contribution in [1.29, 1.82) is 0 Å². The highest BCUT2D eigenvalue weighted by molar-refractivity contribution is 5.89. The van der Waals surface area contributed by atoms with Gasteiger partial charge < -0.3 is 20.2 Å². The van der Waals surface area contributed by atoms with Crippen LogP contribution in [-0.2, 0) is 0 Å². The average Bonchev–Trinajstić information content (AvgIpc) is 2.74. The van der Waals surface area contributed by atoms with Gasteiger partial charge in [-0.05, 0) is 38.7 Å². The summed E-state index contributed by atoms with van der Waals surface area (Å²) in [5.41, 5.74) is 8.63. The van der Waals surface area contributed by atoms with E-state index in [2.05, 4.69) is 10.5 Å². The number of carbonyl (C=O) groups excluding carboxylic acids is 1. The third kappa shape index (κ3) is 5.46. The predicted octanol–water partition coefficient (Wildman–Crippen LogP) is 3.27. The Bertz CT molecular complexity index is 1160. The molecule has 9 heteroatoms. The van der Waals surface area contributed by atoms with Crippen LogP contribution in [0, 0.1) is 5.92 Å². The molecule has 1 heterocycles. The summed E-state index contributed by atoms with van der Waals surface area (Å²) in [6, 6.07) is 15.4. The van der Waals surface area contributed by atoms with E-state index in [4.69, 9.17) is 10.2 Å². The maximum atomic E-state index is 13.1. The molecule has 3 rings (SSSR count). The van der Waals surface area contributed by atoms with Gasteiger partial charge in [0.1, 0.15) is 11.3 Å². The molecule has 0 bridgehead atoms. The number of urea groups is 1. The van der Waals surface area contributed by atoms with Crippen LogP contribution in [0.25, 0.3) is 11.0 Å². The fourth-order valence-corrected chi connectivity index (χ4v) is 3.78. The first-order chi connectivity index (χ1) is 14.8. The first kappa shape index (κ1) is 24.9. The molecule has 0 radical (unpaired) electrons. The number of aromatic hydroxyl groups is 1. The minimum Gasteiger partial charge on any atom is -0.507 e. The number of hydrazone groups is 1. The Hall–Kier alpha value is -3.36. The molecule has 2 amide bonds. The van der Waals surface area contributed by atoms with Crippen molar-refractivity contribution < 1.29 is 14.3 Å². The quantitative estimate of drug-likeness (QED) is 0.285. The normalized spacial score (nSPS) is 13.4. The summed E-state index contributed by atoms with van der Waals surface area (Å²) >= 11 is 0. The topological polar surface area (TPSA) is 121 Å². The van der Waals surface area contributed by atoms with Crippen LogP contribution in [0.2, 0.25) is 0 Å². The molecule has 0 fully saturated rings. The summed E-state index contributed by atoms with van der Waals surface area (Å²) in [5, 5.41) is 15.7. The van der Waals surface area contributed by atoms with E-state index in [1.54, 1.807) is 31.2 Å². The number of halogens is 1. The van der Waals surface area contributed by atoms with E-state index in [9.17, 15) is 14.7 Å². The van der Waals surface area contributed by atoms with Gasteiger partial charge in [-0.25, -0.2) is 15.0 Å². The smallest absolute Gasteiger partial charge is 0.343 e. The average molecular weight is 459 g/mol. The largest absolute Gasteiger partial charge is 0.507 e. The Morgan fingerprint density at radius 3 is 2.41 bits per heavy atom. The maximum Gasteiger partial charge on any atom is 0.343 e. The molecule has 2 aromatic carbocycles. The standard InChI is InChI=1S/C23H26N4O4.ClH/c1-14(25-26-23(24)30)17(13-27(2)3)19(15-9-5-4-6-10-15)20-21(28)16-11-7-8-12-18(16)31-22(20)29;/h4-12,17,19,28H,13H2,1-3H3,(H3,24,26,30);1H/b25-14-;. The number of fused-ring (bicyclic) bond motifs is 1. The second-order valence-electron chi connectivity index (χ2n) is 7.63. The van der Waals surface area contributed by atoms with Crippen LogP contribution in [0.15, 0.2) is 68.9 Å². The van der Waals surface area contributed by atoms with E-state index < -0.39 is 17.6 Å². The summed E-state index contributed by atoms with van der Waals surface area (Å²) in [7, 11) is 3.79. The highest BCUT2D eigenvalue weighted by atomic mass is 35.5. The van der Waals surface area contributed by atoms with Crippen molar-refractivity contribution in [1.82, 2.24) is 10.3 Å². The fraction of sp³-hybridized carbons (Fsp3) is 0.261. The molecule has 0 aliphatic heterocycles. The van der Waals surface area contributed by atoms with Crippen molar-refractivity contribution in [3.05, 3.63) is 76.1 Å². The molecular weight excluding hydrogens is 432 g/mol. The van der Waals surface area contributed by atoms with Gasteiger partial charge >= 0.3 is 11.7 Å². The maximum absolute atomic E-state index is 13.1. The number of para-hydroxylation sites is 1. The molecule has 0 spiro atoms. The van der Waals surface area contributed by atoms with Crippen molar-refractivity contribution >= 4 is 35.1 Å². The molecule has 0 saturated carbocycles. The molecule has 2 atom stereocenters. The second-order valence-corrected chi connectivity index (χ2v) is 7.63. The lowest BCUT2D eigenvalue weighted by Gasteiger charge is -2.30. The molecule has 0 aliphatic carbocycles. The summed E-state index contributed by atoms with van der Waals surface area (Å²) in [4.78, 5) is 26.2. The molecule has 2 unspecified atom stereocenters. The number of carbonyl (C=O) groups is 1. The third-order valence-corrected chi connectivity index (χ3v) is 5.13. The lowest BCUT2D eigenvalue weighted by molar-refractivity contribution is 0.249. The number of nitrogens with two attached hydrogens (primary N) is 1. The van der Waals surface area contributed by atoms with Gasteiger partial charge in [0.25, 0.3) is 0 Å². The predicted molar refractivity (Wildman–Crippen MR) is 128 cm³/mol. The van der Waals surface area contributed by atoms with Gasteiger partial charge in [-0.15, -0.1) is 12.4 Å². The van der Waals surface area contributed by atoms with Crippen LogP contribution in [0.3, 0.4) is 0 Å². The third-order valence-electron chi connectivity index (χ3n) is 5.13. The number of amides is 2. The Balaban J connectivity index is 0.00000363. The first-order valence-corrected chi connectivity index (χ1v) is 9.83. The molecule has 3 aromatic rings. The Kier molecular flexibility index (Phi) is 8.40. The zero-order valence-electron chi connectivity index (χ0n) is 18.1. The van der Waals surface area contributed by atoms with Crippen molar-refractivity contribution in [2.75, 3.05) is 20.6 Å². The van der Waals surface area contributed by atoms with Crippen LogP contribution in [-0.4, -0.2) is 42.4 Å². The number of rotatable bonds is 7. The zero-order valence-corrected chi connectivity index (χ0v) is 18.9. The summed E-state index contributed by atoms with van der Waals surface area (Å²) < 4.78 is 5.55. The van der Waals surface area contributed by atoms with Crippen LogP contribution >= 0.6 is 12.4 Å². The number of nitrogens with zero attached hydrogens (tertiary/aromatic N) is 2. The molecule has 0 aliphatic rings. The minimum absolute atomic E-state index is 0. The minimum atomic E-state index is -0.785. The number of hydrogen-bond acceptors (Lipinski definition) is 6. The fourth-order valence-electron chi connectivity index (χ4n) is 3.78. The van der Waals surface area contributed by atoms with Crippen LogP contribution < -0.4 is 16.8 Å². The number of benzene rings is 2. The van der Waals surface area contributed by atoms with Crippen molar-refractivity contribution in [3.63, 3.8) is 0 Å². The highest BCUT2D eigenvalue weighted by Crippen LogP contribution is 2.39. The summed E-state index contributed by atoms with van der Waals surface area (Å²) in [6.07, 6.45) is 0. The molecule has 8 nitrogen and oxygen atoms in total. The van der Waals surface area contributed by atoms with Crippen molar-refractivity contribution in [2.24, 2.45) is 16.8 Å². The summed E-state index contributed by atoms with van der Waals surface area (Å²) in [5.74, 6) is -1.08. The van der Waals surface area contributed by atoms with Crippen LogP contribution in [0.5, 0.6) is 5.75 Å². The Morgan fingerprint density at radius 1 is 1.16 bits per heavy atom. The first-order valence-electron chi connectivity index (χ1n) is 9.83. The van der Waals surface area contributed by atoms with Gasteiger partial charge in [0.2, 0.25) is 0 Å². The van der Waals surface area contributed by atoms with Crippen molar-refractivity contribution in [2.45, 2.75) is 12.8 Å². The van der Waals surface area contributed by atoms with E-state index in [1.165, 1.54) is 0 Å². The Labute approximate surface area is 192 Å².